The van der Waals surface area contributed by atoms with Crippen molar-refractivity contribution in [3.8, 4) is 11.5 Å². The molecular weight excluding hydrogens is 394 g/mol. The van der Waals surface area contributed by atoms with Crippen LogP contribution in [0.2, 0.25) is 5.02 Å². The van der Waals surface area contributed by atoms with Crippen LogP contribution in [0.4, 0.5) is 0 Å². The first-order valence-electron chi connectivity index (χ1n) is 9.19. The first-order valence-corrected chi connectivity index (χ1v) is 9.57. The molecule has 1 aliphatic rings. The highest BCUT2D eigenvalue weighted by molar-refractivity contribution is 6.46. The Kier molecular flexibility index (Phi) is 6.13. The van der Waals surface area contributed by atoms with Gasteiger partial charge in [-0.1, -0.05) is 36.7 Å². The van der Waals surface area contributed by atoms with Crippen molar-refractivity contribution in [1.29, 1.82) is 0 Å². The minimum atomic E-state index is -0.742. The zero-order valence-corrected chi connectivity index (χ0v) is 17.2. The van der Waals surface area contributed by atoms with Gasteiger partial charge in [0.05, 0.1) is 25.8 Å². The Morgan fingerprint density at radius 3 is 2.45 bits per heavy atom. The number of aliphatic hydroxyl groups is 1. The zero-order chi connectivity index (χ0) is 21.1. The van der Waals surface area contributed by atoms with E-state index < -0.39 is 17.7 Å². The number of carbonyl (C=O) groups excluding carboxylic acids is 2. The van der Waals surface area contributed by atoms with Gasteiger partial charge in [-0.3, -0.25) is 9.59 Å². The van der Waals surface area contributed by atoms with Crippen LogP contribution in [0, 0.1) is 0 Å². The summed E-state index contributed by atoms with van der Waals surface area (Å²) in [4.78, 5) is 27.0. The number of halogens is 1. The molecule has 1 unspecified atom stereocenters. The fourth-order valence-electron chi connectivity index (χ4n) is 3.51. The molecule has 0 radical (unpaired) electrons. The predicted molar refractivity (Wildman–Crippen MR) is 110 cm³/mol. The number of likely N-dealkylation sites (tertiary alicyclic amines) is 1. The summed E-state index contributed by atoms with van der Waals surface area (Å²) in [5.41, 5.74) is 1.04. The van der Waals surface area contributed by atoms with Crippen molar-refractivity contribution in [2.24, 2.45) is 0 Å². The third kappa shape index (κ3) is 3.80. The summed E-state index contributed by atoms with van der Waals surface area (Å²) in [6.07, 6.45) is 0.661. The van der Waals surface area contributed by atoms with E-state index in [1.54, 1.807) is 42.5 Å². The average Bonchev–Trinajstić information content (AvgIpc) is 2.98. The highest BCUT2D eigenvalue weighted by atomic mass is 35.5. The fourth-order valence-corrected chi connectivity index (χ4v) is 3.70. The van der Waals surface area contributed by atoms with E-state index in [4.69, 9.17) is 21.1 Å². The van der Waals surface area contributed by atoms with Crippen LogP contribution < -0.4 is 9.47 Å². The van der Waals surface area contributed by atoms with E-state index in [-0.39, 0.29) is 11.3 Å². The van der Waals surface area contributed by atoms with E-state index in [1.165, 1.54) is 19.1 Å². The summed E-state index contributed by atoms with van der Waals surface area (Å²) >= 11 is 6.04. The molecule has 0 aliphatic carbocycles. The molecule has 1 aliphatic heterocycles. The number of nitrogens with zero attached hydrogens (tertiary/aromatic N) is 1. The number of methoxy groups -OCH3 is 2. The van der Waals surface area contributed by atoms with Gasteiger partial charge < -0.3 is 19.5 Å². The van der Waals surface area contributed by atoms with Crippen LogP contribution in [0.3, 0.4) is 0 Å². The number of hydrogen-bond donors (Lipinski definition) is 1. The summed E-state index contributed by atoms with van der Waals surface area (Å²) in [5.74, 6) is -0.636. The Hall–Kier alpha value is -2.99. The van der Waals surface area contributed by atoms with E-state index in [0.717, 1.165) is 0 Å². The molecule has 1 fully saturated rings. The molecule has 1 N–H and O–H groups in total. The summed E-state index contributed by atoms with van der Waals surface area (Å²) in [6, 6.07) is 11.0. The van der Waals surface area contributed by atoms with E-state index in [0.29, 0.717) is 40.6 Å². The molecule has 0 saturated carbocycles. The lowest BCUT2D eigenvalue weighted by atomic mass is 9.95. The quantitative estimate of drug-likeness (QED) is 0.435. The molecule has 0 bridgehead atoms. The van der Waals surface area contributed by atoms with Crippen molar-refractivity contribution >= 4 is 29.1 Å². The second-order valence-electron chi connectivity index (χ2n) is 6.62. The number of Topliss-reactive ketones (excluding diaryl/α,β-unsaturated/α-hetero) is 1. The molecule has 0 aromatic heterocycles. The van der Waals surface area contributed by atoms with Crippen LogP contribution in [-0.2, 0) is 9.59 Å². The smallest absolute Gasteiger partial charge is 0.295 e. The lowest BCUT2D eigenvalue weighted by Gasteiger charge is -2.25. The molecule has 2 aromatic carbocycles. The normalized spacial score (nSPS) is 18.2. The van der Waals surface area contributed by atoms with Gasteiger partial charge in [-0.15, -0.1) is 0 Å². The van der Waals surface area contributed by atoms with Crippen molar-refractivity contribution in [3.05, 3.63) is 64.2 Å². The van der Waals surface area contributed by atoms with E-state index in [2.05, 4.69) is 0 Å². The molecule has 2 aromatic rings. The number of rotatable bonds is 6. The molecule has 1 heterocycles. The van der Waals surface area contributed by atoms with Crippen LogP contribution in [0.15, 0.2) is 48.0 Å². The van der Waals surface area contributed by atoms with Crippen molar-refractivity contribution in [1.82, 2.24) is 4.90 Å². The van der Waals surface area contributed by atoms with Gasteiger partial charge in [0.2, 0.25) is 0 Å². The Morgan fingerprint density at radius 2 is 1.83 bits per heavy atom. The van der Waals surface area contributed by atoms with Gasteiger partial charge in [0.25, 0.3) is 11.7 Å². The molecule has 1 saturated heterocycles. The van der Waals surface area contributed by atoms with Crippen LogP contribution >= 0.6 is 11.6 Å². The molecule has 6 nitrogen and oxygen atoms in total. The SMILES string of the molecule is CCCN1C(=O)C(=O)/C(=C(\O)c2cccc(Cl)c2)C1c1ccc(OC)c(OC)c1. The largest absolute Gasteiger partial charge is 0.507 e. The van der Waals surface area contributed by atoms with Gasteiger partial charge in [-0.05, 0) is 36.2 Å². The minimum absolute atomic E-state index is 0.0259. The summed E-state index contributed by atoms with van der Waals surface area (Å²) in [6.45, 7) is 2.29. The number of carbonyl (C=O) groups is 2. The fraction of sp³-hybridized carbons (Fsp3) is 0.273. The molecule has 3 rings (SSSR count). The van der Waals surface area contributed by atoms with Gasteiger partial charge in [0, 0.05) is 17.1 Å². The van der Waals surface area contributed by atoms with Gasteiger partial charge >= 0.3 is 0 Å². The lowest BCUT2D eigenvalue weighted by Crippen LogP contribution is -2.30. The highest BCUT2D eigenvalue weighted by Crippen LogP contribution is 2.42. The molecule has 152 valence electrons. The monoisotopic (exact) mass is 415 g/mol. The standard InChI is InChI=1S/C22H22ClNO5/c1-4-10-24-19(13-8-9-16(28-2)17(12-13)29-3)18(21(26)22(24)27)20(25)14-6-5-7-15(23)11-14/h5-9,11-12,19,25H,4,10H2,1-3H3/b20-18-. The van der Waals surface area contributed by atoms with Crippen molar-refractivity contribution in [3.63, 3.8) is 0 Å². The second-order valence-corrected chi connectivity index (χ2v) is 7.05. The number of aliphatic hydroxyl groups excluding tert-OH is 1. The van der Waals surface area contributed by atoms with Gasteiger partial charge in [-0.2, -0.15) is 0 Å². The van der Waals surface area contributed by atoms with Gasteiger partial charge in [-0.25, -0.2) is 0 Å². The number of benzene rings is 2. The number of hydrogen-bond acceptors (Lipinski definition) is 5. The summed E-state index contributed by atoms with van der Waals surface area (Å²) in [5, 5.41) is 11.4. The zero-order valence-electron chi connectivity index (χ0n) is 16.4. The maximum atomic E-state index is 12.9. The molecule has 1 amide bonds. The van der Waals surface area contributed by atoms with Crippen molar-refractivity contribution in [2.75, 3.05) is 20.8 Å². The highest BCUT2D eigenvalue weighted by Gasteiger charge is 2.45. The van der Waals surface area contributed by atoms with Crippen LogP contribution in [0.1, 0.15) is 30.5 Å². The second kappa shape index (κ2) is 8.57. The first-order chi connectivity index (χ1) is 13.9. The minimum Gasteiger partial charge on any atom is -0.507 e. The summed E-state index contributed by atoms with van der Waals surface area (Å²) < 4.78 is 10.7. The Bertz CT molecular complexity index is 985. The molecule has 29 heavy (non-hydrogen) atoms. The Balaban J connectivity index is 2.21. The maximum Gasteiger partial charge on any atom is 0.295 e. The van der Waals surface area contributed by atoms with Crippen LogP contribution in [-0.4, -0.2) is 42.5 Å². The molecule has 1 atom stereocenters. The van der Waals surface area contributed by atoms with Crippen LogP contribution in [0.25, 0.3) is 5.76 Å². The third-order valence-corrected chi connectivity index (χ3v) is 5.06. The molecular formula is C22H22ClNO5. The van der Waals surface area contributed by atoms with Crippen LogP contribution in [0.5, 0.6) is 11.5 Å². The topological polar surface area (TPSA) is 76.1 Å². The van der Waals surface area contributed by atoms with E-state index >= 15 is 0 Å². The first kappa shape index (κ1) is 20.7. The average molecular weight is 416 g/mol. The third-order valence-electron chi connectivity index (χ3n) is 4.83. The van der Waals surface area contributed by atoms with Gasteiger partial charge in [0.15, 0.2) is 11.5 Å². The van der Waals surface area contributed by atoms with E-state index in [9.17, 15) is 14.7 Å². The van der Waals surface area contributed by atoms with Gasteiger partial charge in [0.1, 0.15) is 5.76 Å². The van der Waals surface area contributed by atoms with Crippen molar-refractivity contribution < 1.29 is 24.2 Å². The predicted octanol–water partition coefficient (Wildman–Crippen LogP) is 4.19. The Morgan fingerprint density at radius 1 is 1.10 bits per heavy atom. The van der Waals surface area contributed by atoms with E-state index in [1.807, 2.05) is 6.92 Å². The van der Waals surface area contributed by atoms with Crippen molar-refractivity contribution in [2.45, 2.75) is 19.4 Å². The summed E-state index contributed by atoms with van der Waals surface area (Å²) in [7, 11) is 3.04. The number of amides is 1. The lowest BCUT2D eigenvalue weighted by molar-refractivity contribution is -0.139. The number of ketones is 1. The molecule has 0 spiro atoms. The maximum absolute atomic E-state index is 12.9. The number of ether oxygens (including phenoxy) is 2. The molecule has 7 heteroatoms. The Labute approximate surface area is 174 Å².